The lowest BCUT2D eigenvalue weighted by molar-refractivity contribution is -0.118. The molecule has 1 N–H and O–H groups in total. The number of nitrogens with zero attached hydrogens (tertiary/aromatic N) is 4. The molecule has 0 bridgehead atoms. The van der Waals surface area contributed by atoms with Crippen molar-refractivity contribution in [2.24, 2.45) is 0 Å². The molecule has 4 rings (SSSR count). The molecule has 1 aliphatic rings. The lowest BCUT2D eigenvalue weighted by Gasteiger charge is -2.07. The summed E-state index contributed by atoms with van der Waals surface area (Å²) in [5.74, 6) is 0.868. The summed E-state index contributed by atoms with van der Waals surface area (Å²) in [4.78, 5) is 24.0. The third-order valence-electron chi connectivity index (χ3n) is 4.21. The molecule has 154 valence electrons. The summed E-state index contributed by atoms with van der Waals surface area (Å²) in [6.45, 7) is 0.571. The third kappa shape index (κ3) is 4.35. The summed E-state index contributed by atoms with van der Waals surface area (Å²) >= 11 is 1.19. The van der Waals surface area contributed by atoms with Crippen molar-refractivity contribution in [2.45, 2.75) is 11.7 Å². The van der Waals surface area contributed by atoms with Gasteiger partial charge >= 0.3 is 5.97 Å². The molecule has 0 saturated heterocycles. The Labute approximate surface area is 175 Å². The molecule has 0 atom stereocenters. The van der Waals surface area contributed by atoms with Gasteiger partial charge in [0.05, 0.1) is 24.1 Å². The molecule has 0 aliphatic carbocycles. The smallest absolute Gasteiger partial charge is 0.337 e. The first-order valence-electron chi connectivity index (χ1n) is 8.89. The van der Waals surface area contributed by atoms with Gasteiger partial charge in [0.15, 0.2) is 11.5 Å². The van der Waals surface area contributed by atoms with Crippen LogP contribution in [0.4, 0.5) is 0 Å². The maximum atomic E-state index is 12.2. The molecule has 0 fully saturated rings. The molecule has 0 radical (unpaired) electrons. The highest BCUT2D eigenvalue weighted by Crippen LogP contribution is 2.32. The number of benzene rings is 2. The predicted molar refractivity (Wildman–Crippen MR) is 106 cm³/mol. The van der Waals surface area contributed by atoms with Gasteiger partial charge in [-0.1, -0.05) is 23.9 Å². The Morgan fingerprint density at radius 3 is 2.93 bits per heavy atom. The van der Waals surface area contributed by atoms with Crippen LogP contribution in [0.2, 0.25) is 0 Å². The summed E-state index contributed by atoms with van der Waals surface area (Å²) in [6.07, 6.45) is 0. The number of carbonyl (C=O) groups excluding carboxylic acids is 2. The number of hydrogen-bond donors (Lipinski definition) is 1. The fraction of sp³-hybridized carbons (Fsp3) is 0.211. The summed E-state index contributed by atoms with van der Waals surface area (Å²) in [7, 11) is 1.31. The molecule has 2 heterocycles. The topological polar surface area (TPSA) is 117 Å². The van der Waals surface area contributed by atoms with Crippen molar-refractivity contribution < 1.29 is 23.8 Å². The Kier molecular flexibility index (Phi) is 5.80. The second-order valence-electron chi connectivity index (χ2n) is 6.17. The molecule has 0 saturated carbocycles. The van der Waals surface area contributed by atoms with Crippen LogP contribution in [0, 0.1) is 0 Å². The average molecular weight is 427 g/mol. The first-order chi connectivity index (χ1) is 14.6. The Balaban J connectivity index is 1.35. The van der Waals surface area contributed by atoms with Crippen molar-refractivity contribution >= 4 is 23.6 Å². The van der Waals surface area contributed by atoms with E-state index in [-0.39, 0.29) is 18.5 Å². The first-order valence-corrected chi connectivity index (χ1v) is 9.88. The molecule has 10 nitrogen and oxygen atoms in total. The fourth-order valence-corrected chi connectivity index (χ4v) is 3.47. The lowest BCUT2D eigenvalue weighted by atomic mass is 10.2. The van der Waals surface area contributed by atoms with E-state index in [4.69, 9.17) is 14.2 Å². The van der Waals surface area contributed by atoms with Crippen LogP contribution in [0.15, 0.2) is 47.6 Å². The molecular weight excluding hydrogens is 410 g/mol. The first kappa shape index (κ1) is 19.7. The number of aromatic nitrogens is 4. The van der Waals surface area contributed by atoms with Crippen LogP contribution in [0.1, 0.15) is 15.9 Å². The summed E-state index contributed by atoms with van der Waals surface area (Å²) in [5, 5.41) is 14.8. The van der Waals surface area contributed by atoms with Crippen LogP contribution in [0.5, 0.6) is 11.5 Å². The highest BCUT2D eigenvalue weighted by molar-refractivity contribution is 7.99. The quantitative estimate of drug-likeness (QED) is 0.443. The number of amides is 1. The Bertz CT molecular complexity index is 1090. The Morgan fingerprint density at radius 2 is 2.07 bits per heavy atom. The molecule has 0 spiro atoms. The minimum absolute atomic E-state index is 0.127. The number of hydrogen-bond acceptors (Lipinski definition) is 9. The van der Waals surface area contributed by atoms with Gasteiger partial charge in [0.2, 0.25) is 17.9 Å². The zero-order chi connectivity index (χ0) is 20.9. The van der Waals surface area contributed by atoms with E-state index >= 15 is 0 Å². The minimum atomic E-state index is -0.456. The van der Waals surface area contributed by atoms with Gasteiger partial charge in [0.1, 0.15) is 0 Å². The molecule has 1 amide bonds. The van der Waals surface area contributed by atoms with Crippen LogP contribution in [-0.2, 0) is 16.1 Å². The number of tetrazole rings is 1. The van der Waals surface area contributed by atoms with Crippen LogP contribution in [-0.4, -0.2) is 51.7 Å². The maximum absolute atomic E-state index is 12.2. The minimum Gasteiger partial charge on any atom is -0.465 e. The van der Waals surface area contributed by atoms with Gasteiger partial charge in [0, 0.05) is 6.54 Å². The van der Waals surface area contributed by atoms with Gasteiger partial charge in [0.25, 0.3) is 0 Å². The van der Waals surface area contributed by atoms with E-state index in [0.717, 1.165) is 5.56 Å². The summed E-state index contributed by atoms with van der Waals surface area (Å²) in [6, 6.07) is 12.2. The molecule has 1 aromatic heterocycles. The van der Waals surface area contributed by atoms with Gasteiger partial charge < -0.3 is 19.5 Å². The Hall–Kier alpha value is -3.60. The molecule has 2 aromatic carbocycles. The van der Waals surface area contributed by atoms with Gasteiger partial charge in [-0.3, -0.25) is 4.79 Å². The molecule has 0 unspecified atom stereocenters. The number of carbonyl (C=O) groups is 2. The van der Waals surface area contributed by atoms with Gasteiger partial charge in [-0.25, -0.2) is 4.79 Å². The molecule has 11 heteroatoms. The highest BCUT2D eigenvalue weighted by Gasteiger charge is 2.15. The Morgan fingerprint density at radius 1 is 1.20 bits per heavy atom. The van der Waals surface area contributed by atoms with E-state index in [0.29, 0.717) is 34.5 Å². The molecule has 3 aromatic rings. The van der Waals surface area contributed by atoms with Crippen LogP contribution >= 0.6 is 11.8 Å². The van der Waals surface area contributed by atoms with E-state index in [2.05, 4.69) is 20.8 Å². The number of rotatable bonds is 7. The second kappa shape index (κ2) is 8.82. The van der Waals surface area contributed by atoms with Crippen molar-refractivity contribution in [1.29, 1.82) is 0 Å². The SMILES string of the molecule is COC(=O)c1cccc(-n2nnnc2SCC(=O)NCc2ccc3c(c2)OCO3)c1. The van der Waals surface area contributed by atoms with Crippen molar-refractivity contribution in [3.05, 3.63) is 53.6 Å². The number of methoxy groups -OCH3 is 1. The van der Waals surface area contributed by atoms with Gasteiger partial charge in [-0.05, 0) is 46.3 Å². The number of thioether (sulfide) groups is 1. The van der Waals surface area contributed by atoms with Crippen molar-refractivity contribution in [1.82, 2.24) is 25.5 Å². The largest absolute Gasteiger partial charge is 0.465 e. The number of ether oxygens (including phenoxy) is 3. The highest BCUT2D eigenvalue weighted by atomic mass is 32.2. The van der Waals surface area contributed by atoms with E-state index < -0.39 is 5.97 Å². The monoisotopic (exact) mass is 427 g/mol. The van der Waals surface area contributed by atoms with Crippen LogP contribution in [0.3, 0.4) is 0 Å². The standard InChI is InChI=1S/C19H17N5O5S/c1-27-18(26)13-3-2-4-14(8-13)24-19(21-22-23-24)30-10-17(25)20-9-12-5-6-15-16(7-12)29-11-28-15/h2-8H,9-11H2,1H3,(H,20,25). The third-order valence-corrected chi connectivity index (χ3v) is 5.13. The summed E-state index contributed by atoms with van der Waals surface area (Å²) < 4.78 is 16.8. The predicted octanol–water partition coefficient (Wildman–Crippen LogP) is 1.59. The lowest BCUT2D eigenvalue weighted by Crippen LogP contribution is -2.24. The second-order valence-corrected chi connectivity index (χ2v) is 7.11. The summed E-state index contributed by atoms with van der Waals surface area (Å²) in [5.41, 5.74) is 1.87. The van der Waals surface area contributed by atoms with Crippen molar-refractivity contribution in [3.63, 3.8) is 0 Å². The molecule has 1 aliphatic heterocycles. The maximum Gasteiger partial charge on any atom is 0.337 e. The average Bonchev–Trinajstić information content (AvgIpc) is 3.44. The van der Waals surface area contributed by atoms with Crippen molar-refractivity contribution in [3.8, 4) is 17.2 Å². The molecular formula is C19H17N5O5S. The fourth-order valence-electron chi connectivity index (χ4n) is 2.75. The number of nitrogens with one attached hydrogen (secondary N) is 1. The van der Waals surface area contributed by atoms with Gasteiger partial charge in [-0.15, -0.1) is 5.10 Å². The van der Waals surface area contributed by atoms with E-state index in [1.807, 2.05) is 18.2 Å². The zero-order valence-corrected chi connectivity index (χ0v) is 16.7. The number of esters is 1. The molecule has 30 heavy (non-hydrogen) atoms. The normalized spacial score (nSPS) is 11.9. The zero-order valence-electron chi connectivity index (χ0n) is 15.9. The van der Waals surface area contributed by atoms with Crippen LogP contribution in [0.25, 0.3) is 5.69 Å². The van der Waals surface area contributed by atoms with E-state index in [1.165, 1.54) is 23.6 Å². The van der Waals surface area contributed by atoms with Crippen molar-refractivity contribution in [2.75, 3.05) is 19.7 Å². The van der Waals surface area contributed by atoms with E-state index in [1.54, 1.807) is 24.3 Å². The van der Waals surface area contributed by atoms with Crippen LogP contribution < -0.4 is 14.8 Å². The number of fused-ring (bicyclic) bond motifs is 1. The van der Waals surface area contributed by atoms with Gasteiger partial charge in [-0.2, -0.15) is 4.68 Å². The van der Waals surface area contributed by atoms with E-state index in [9.17, 15) is 9.59 Å².